The molecule has 0 aliphatic carbocycles. The molecule has 0 radical (unpaired) electrons. The molecule has 33 heavy (non-hydrogen) atoms. The topological polar surface area (TPSA) is 92.8 Å². The Morgan fingerprint density at radius 1 is 1.00 bits per heavy atom. The van der Waals surface area contributed by atoms with Crippen LogP contribution in [0.15, 0.2) is 66.7 Å². The van der Waals surface area contributed by atoms with Gasteiger partial charge in [-0.3, -0.25) is 9.10 Å². The average Bonchev–Trinajstić information content (AvgIpc) is 2.77. The van der Waals surface area contributed by atoms with E-state index in [2.05, 4.69) is 10.1 Å². The van der Waals surface area contributed by atoms with Gasteiger partial charge in [0.15, 0.2) is 0 Å². The van der Waals surface area contributed by atoms with Crippen LogP contribution in [0.4, 0.5) is 11.4 Å². The third-order valence-electron chi connectivity index (χ3n) is 4.67. The average molecular weight is 507 g/mol. The number of rotatable bonds is 7. The molecule has 3 aromatic rings. The zero-order valence-corrected chi connectivity index (χ0v) is 20.0. The van der Waals surface area contributed by atoms with Crippen LogP contribution >= 0.6 is 23.2 Å². The van der Waals surface area contributed by atoms with Crippen molar-refractivity contribution < 1.29 is 22.7 Å². The first kappa shape index (κ1) is 24.6. The number of halogens is 2. The first-order valence-corrected chi connectivity index (χ1v) is 12.2. The van der Waals surface area contributed by atoms with Crippen molar-refractivity contribution in [2.75, 3.05) is 23.0 Å². The number of hydrogen-bond donors (Lipinski definition) is 1. The van der Waals surface area contributed by atoms with Crippen LogP contribution in [-0.4, -0.2) is 33.7 Å². The van der Waals surface area contributed by atoms with Crippen LogP contribution in [-0.2, 0) is 21.3 Å². The second-order valence-electron chi connectivity index (χ2n) is 7.09. The first-order chi connectivity index (χ1) is 15.6. The van der Waals surface area contributed by atoms with Gasteiger partial charge >= 0.3 is 5.97 Å². The highest BCUT2D eigenvalue weighted by Gasteiger charge is 2.19. The molecule has 0 aliphatic rings. The number of benzene rings is 3. The molecule has 0 bridgehead atoms. The number of sulfonamides is 1. The third-order valence-corrected chi connectivity index (χ3v) is 6.37. The summed E-state index contributed by atoms with van der Waals surface area (Å²) in [6.45, 7) is 0.0702. The van der Waals surface area contributed by atoms with Gasteiger partial charge in [-0.25, -0.2) is 13.2 Å². The van der Waals surface area contributed by atoms with Crippen molar-refractivity contribution in [3.63, 3.8) is 0 Å². The second kappa shape index (κ2) is 10.2. The number of amides is 1. The summed E-state index contributed by atoms with van der Waals surface area (Å²) in [5.74, 6) is -1.02. The molecule has 0 atom stereocenters. The summed E-state index contributed by atoms with van der Waals surface area (Å²) < 4.78 is 30.6. The van der Waals surface area contributed by atoms with E-state index in [0.29, 0.717) is 27.5 Å². The van der Waals surface area contributed by atoms with Gasteiger partial charge in [0.25, 0.3) is 5.91 Å². The van der Waals surface area contributed by atoms with Crippen molar-refractivity contribution in [1.82, 2.24) is 0 Å². The highest BCUT2D eigenvalue weighted by molar-refractivity contribution is 7.92. The lowest BCUT2D eigenvalue weighted by Gasteiger charge is -2.22. The fourth-order valence-corrected chi connectivity index (χ4v) is 4.29. The summed E-state index contributed by atoms with van der Waals surface area (Å²) in [6.07, 6.45) is 1.12. The molecule has 3 aromatic carbocycles. The van der Waals surface area contributed by atoms with Crippen LogP contribution in [0.25, 0.3) is 0 Å². The number of hydrogen-bond acceptors (Lipinski definition) is 5. The zero-order chi connectivity index (χ0) is 24.2. The second-order valence-corrected chi connectivity index (χ2v) is 9.84. The lowest BCUT2D eigenvalue weighted by atomic mass is 10.1. The smallest absolute Gasteiger partial charge is 0.339 e. The van der Waals surface area contributed by atoms with Gasteiger partial charge in [-0.15, -0.1) is 0 Å². The Labute approximate surface area is 201 Å². The summed E-state index contributed by atoms with van der Waals surface area (Å²) in [6, 6.07) is 17.5. The molecular formula is C23H20Cl2N2O5S. The number of anilines is 2. The predicted molar refractivity (Wildman–Crippen MR) is 130 cm³/mol. The number of esters is 1. The third kappa shape index (κ3) is 6.25. The van der Waals surface area contributed by atoms with Crippen molar-refractivity contribution in [2.24, 2.45) is 0 Å². The number of carbonyl (C=O) groups is 2. The number of nitrogens with zero attached hydrogens (tertiary/aromatic N) is 1. The molecule has 1 N–H and O–H groups in total. The van der Waals surface area contributed by atoms with Crippen LogP contribution in [0.5, 0.6) is 0 Å². The normalized spacial score (nSPS) is 11.0. The fourth-order valence-electron chi connectivity index (χ4n) is 3.03. The molecule has 0 unspecified atom stereocenters. The van der Waals surface area contributed by atoms with Crippen LogP contribution in [0.1, 0.15) is 26.3 Å². The first-order valence-electron chi connectivity index (χ1n) is 9.60. The van der Waals surface area contributed by atoms with Crippen LogP contribution in [0, 0.1) is 0 Å². The largest absolute Gasteiger partial charge is 0.465 e. The highest BCUT2D eigenvalue weighted by Crippen LogP contribution is 2.25. The molecule has 10 heteroatoms. The summed E-state index contributed by atoms with van der Waals surface area (Å²) in [5.41, 5.74) is 1.97. The van der Waals surface area contributed by atoms with E-state index >= 15 is 0 Å². The van der Waals surface area contributed by atoms with E-state index in [1.807, 2.05) is 0 Å². The molecule has 7 nitrogen and oxygen atoms in total. The van der Waals surface area contributed by atoms with Gasteiger partial charge < -0.3 is 10.1 Å². The molecule has 0 aromatic heterocycles. The van der Waals surface area contributed by atoms with Crippen molar-refractivity contribution in [3.8, 4) is 0 Å². The molecule has 0 heterocycles. The standard InChI is InChI=1S/C23H20Cl2N2O5S/c1-32-23(29)20-13-18(10-11-21(20)25)26-22(28)16-8-6-15(7-9-16)14-27(33(2,30)31)19-5-3-4-17(24)12-19/h3-13H,14H2,1-2H3,(H,26,28). The summed E-state index contributed by atoms with van der Waals surface area (Å²) >= 11 is 12.0. The molecule has 0 saturated carbocycles. The van der Waals surface area contributed by atoms with Gasteiger partial charge in [0.1, 0.15) is 0 Å². The van der Waals surface area contributed by atoms with E-state index in [4.69, 9.17) is 23.2 Å². The predicted octanol–water partition coefficient (Wildman–Crippen LogP) is 5.00. The highest BCUT2D eigenvalue weighted by atomic mass is 35.5. The van der Waals surface area contributed by atoms with Crippen LogP contribution < -0.4 is 9.62 Å². The maximum atomic E-state index is 12.6. The van der Waals surface area contributed by atoms with E-state index in [-0.39, 0.29) is 17.1 Å². The SMILES string of the molecule is COC(=O)c1cc(NC(=O)c2ccc(CN(c3cccc(Cl)c3)S(C)(=O)=O)cc2)ccc1Cl. The van der Waals surface area contributed by atoms with Gasteiger partial charge in [0.05, 0.1) is 36.2 Å². The Balaban J connectivity index is 1.77. The number of ether oxygens (including phenoxy) is 1. The van der Waals surface area contributed by atoms with Gasteiger partial charge in [-0.05, 0) is 54.1 Å². The monoisotopic (exact) mass is 506 g/mol. The Morgan fingerprint density at radius 2 is 1.70 bits per heavy atom. The van der Waals surface area contributed by atoms with E-state index in [0.717, 1.165) is 6.26 Å². The molecule has 172 valence electrons. The van der Waals surface area contributed by atoms with Crippen molar-refractivity contribution in [3.05, 3.63) is 93.5 Å². The van der Waals surface area contributed by atoms with Crippen molar-refractivity contribution >= 4 is 56.5 Å². The molecule has 0 spiro atoms. The zero-order valence-electron chi connectivity index (χ0n) is 17.7. The minimum atomic E-state index is -3.57. The fraction of sp³-hybridized carbons (Fsp3) is 0.130. The maximum Gasteiger partial charge on any atom is 0.339 e. The molecule has 0 saturated heterocycles. The van der Waals surface area contributed by atoms with Gasteiger partial charge in [-0.2, -0.15) is 0 Å². The molecular weight excluding hydrogens is 487 g/mol. The van der Waals surface area contributed by atoms with E-state index in [1.54, 1.807) is 54.6 Å². The quantitative estimate of drug-likeness (QED) is 0.455. The van der Waals surface area contributed by atoms with Gasteiger partial charge in [-0.1, -0.05) is 41.4 Å². The van der Waals surface area contributed by atoms with Gasteiger partial charge in [0, 0.05) is 16.3 Å². The lowest BCUT2D eigenvalue weighted by Crippen LogP contribution is -2.29. The Kier molecular flexibility index (Phi) is 7.63. The molecule has 0 fully saturated rings. The van der Waals surface area contributed by atoms with Crippen LogP contribution in [0.3, 0.4) is 0 Å². The summed E-state index contributed by atoms with van der Waals surface area (Å²) in [7, 11) is -2.33. The van der Waals surface area contributed by atoms with E-state index in [1.165, 1.54) is 23.5 Å². The van der Waals surface area contributed by atoms with Crippen molar-refractivity contribution in [2.45, 2.75) is 6.54 Å². The number of methoxy groups -OCH3 is 1. The van der Waals surface area contributed by atoms with Gasteiger partial charge in [0.2, 0.25) is 10.0 Å². The maximum absolute atomic E-state index is 12.6. The molecule has 3 rings (SSSR count). The Morgan fingerprint density at radius 3 is 2.30 bits per heavy atom. The molecule has 0 aliphatic heterocycles. The van der Waals surface area contributed by atoms with Crippen LogP contribution in [0.2, 0.25) is 10.0 Å². The Hall–Kier alpha value is -3.07. The number of nitrogens with one attached hydrogen (secondary N) is 1. The minimum absolute atomic E-state index is 0.0702. The summed E-state index contributed by atoms with van der Waals surface area (Å²) in [4.78, 5) is 24.4. The Bertz CT molecular complexity index is 1290. The minimum Gasteiger partial charge on any atom is -0.465 e. The molecule has 1 amide bonds. The van der Waals surface area contributed by atoms with E-state index in [9.17, 15) is 18.0 Å². The summed E-state index contributed by atoms with van der Waals surface area (Å²) in [5, 5.41) is 3.32. The number of carbonyl (C=O) groups excluding carboxylic acids is 2. The van der Waals surface area contributed by atoms with Crippen molar-refractivity contribution in [1.29, 1.82) is 0 Å². The van der Waals surface area contributed by atoms with E-state index < -0.39 is 21.9 Å². The lowest BCUT2D eigenvalue weighted by molar-refractivity contribution is 0.0600.